The Kier molecular flexibility index (Phi) is 8.41. The Morgan fingerprint density at radius 2 is 1.75 bits per heavy atom. The van der Waals surface area contributed by atoms with Crippen LogP contribution in [-0.4, -0.2) is 28.0 Å². The van der Waals surface area contributed by atoms with Crippen LogP contribution in [0.4, 0.5) is 5.69 Å². The maximum Gasteiger partial charge on any atom is 0.282 e. The third-order valence-corrected chi connectivity index (χ3v) is 7.23. The Morgan fingerprint density at radius 1 is 1.06 bits per heavy atom. The van der Waals surface area contributed by atoms with E-state index in [4.69, 9.17) is 21.1 Å². The highest BCUT2D eigenvalue weighted by atomic mass is 35.5. The van der Waals surface area contributed by atoms with Crippen LogP contribution < -0.4 is 13.8 Å². The highest BCUT2D eigenvalue weighted by Gasteiger charge is 2.34. The second-order valence-electron chi connectivity index (χ2n) is 7.83. The molecule has 3 aromatic rings. The Morgan fingerprint density at radius 3 is 2.36 bits per heavy atom. The number of ether oxygens (including phenoxy) is 2. The number of benzene rings is 3. The van der Waals surface area contributed by atoms with E-state index >= 15 is 0 Å². The molecule has 36 heavy (non-hydrogen) atoms. The van der Waals surface area contributed by atoms with E-state index in [1.807, 2.05) is 19.1 Å². The fraction of sp³-hybridized carbons (Fsp3) is 0.185. The minimum absolute atomic E-state index is 0.138. The van der Waals surface area contributed by atoms with E-state index in [0.717, 1.165) is 5.56 Å². The molecule has 0 N–H and O–H groups in total. The van der Waals surface area contributed by atoms with Gasteiger partial charge in [0.15, 0.2) is 11.5 Å². The van der Waals surface area contributed by atoms with Gasteiger partial charge in [0.1, 0.15) is 11.6 Å². The monoisotopic (exact) mass is 524 g/mol. The van der Waals surface area contributed by atoms with Gasteiger partial charge in [-0.05, 0) is 86.0 Å². The van der Waals surface area contributed by atoms with Gasteiger partial charge < -0.3 is 9.47 Å². The Bertz CT molecular complexity index is 1460. The fourth-order valence-corrected chi connectivity index (χ4v) is 5.05. The number of amides is 1. The van der Waals surface area contributed by atoms with Crippen molar-refractivity contribution in [1.29, 1.82) is 5.26 Å². The Balaban J connectivity index is 2.18. The topological polar surface area (TPSA) is 96.7 Å². The lowest BCUT2D eigenvalue weighted by Gasteiger charge is -2.24. The molecule has 0 bridgehead atoms. The van der Waals surface area contributed by atoms with Gasteiger partial charge >= 0.3 is 0 Å². The SMILES string of the molecule is CCOc1ccc(/C=C(\C#N)C(=O)N(c2cc(C)ccc2C)S(=O)(=O)c2ccc(Cl)cc2)cc1OC. The lowest BCUT2D eigenvalue weighted by Crippen LogP contribution is -2.38. The van der Waals surface area contributed by atoms with Gasteiger partial charge in [0.25, 0.3) is 15.9 Å². The van der Waals surface area contributed by atoms with Crippen LogP contribution in [0.25, 0.3) is 6.08 Å². The van der Waals surface area contributed by atoms with Crippen molar-refractivity contribution in [1.82, 2.24) is 0 Å². The number of hydrogen-bond acceptors (Lipinski definition) is 6. The summed E-state index contributed by atoms with van der Waals surface area (Å²) in [6.07, 6.45) is 1.32. The van der Waals surface area contributed by atoms with E-state index in [-0.39, 0.29) is 16.2 Å². The number of carbonyl (C=O) groups excluding carboxylic acids is 1. The van der Waals surface area contributed by atoms with E-state index in [0.29, 0.717) is 38.6 Å². The summed E-state index contributed by atoms with van der Waals surface area (Å²) in [5.74, 6) is -0.0752. The predicted octanol–water partition coefficient (Wildman–Crippen LogP) is 5.69. The average Bonchev–Trinajstić information content (AvgIpc) is 2.85. The van der Waals surface area contributed by atoms with Gasteiger partial charge in [-0.2, -0.15) is 9.57 Å². The molecule has 9 heteroatoms. The van der Waals surface area contributed by atoms with E-state index in [1.165, 1.54) is 37.5 Å². The van der Waals surface area contributed by atoms with Gasteiger partial charge in [-0.3, -0.25) is 4.79 Å². The first-order chi connectivity index (χ1) is 17.1. The number of nitriles is 1. The van der Waals surface area contributed by atoms with Gasteiger partial charge in [0.2, 0.25) is 0 Å². The molecule has 0 spiro atoms. The minimum Gasteiger partial charge on any atom is -0.493 e. The molecule has 0 atom stereocenters. The van der Waals surface area contributed by atoms with E-state index < -0.39 is 15.9 Å². The lowest BCUT2D eigenvalue weighted by molar-refractivity contribution is -0.113. The maximum atomic E-state index is 13.7. The summed E-state index contributed by atoms with van der Waals surface area (Å²) >= 11 is 5.94. The van der Waals surface area contributed by atoms with Crippen molar-refractivity contribution in [2.24, 2.45) is 0 Å². The standard InChI is InChI=1S/C27H25ClN2O5S/c1-5-35-25-13-8-20(16-26(25)34-4)15-21(17-29)27(31)30(24-14-18(2)6-7-19(24)3)36(32,33)23-11-9-22(28)10-12-23/h6-16H,5H2,1-4H3/b21-15+. The molecule has 0 saturated heterocycles. The predicted molar refractivity (Wildman–Crippen MR) is 140 cm³/mol. The highest BCUT2D eigenvalue weighted by molar-refractivity contribution is 7.93. The highest BCUT2D eigenvalue weighted by Crippen LogP contribution is 2.32. The van der Waals surface area contributed by atoms with Crippen LogP contribution in [0, 0.1) is 25.2 Å². The molecular formula is C27H25ClN2O5S. The second-order valence-corrected chi connectivity index (χ2v) is 10.1. The number of sulfonamides is 1. The van der Waals surface area contributed by atoms with Crippen molar-refractivity contribution < 1.29 is 22.7 Å². The van der Waals surface area contributed by atoms with Crippen LogP contribution in [0.2, 0.25) is 5.02 Å². The summed E-state index contributed by atoms with van der Waals surface area (Å²) in [7, 11) is -2.92. The number of carbonyl (C=O) groups is 1. The molecule has 0 heterocycles. The normalized spacial score (nSPS) is 11.5. The smallest absolute Gasteiger partial charge is 0.282 e. The van der Waals surface area contributed by atoms with E-state index in [1.54, 1.807) is 44.2 Å². The number of halogens is 1. The van der Waals surface area contributed by atoms with Crippen molar-refractivity contribution in [3.8, 4) is 17.6 Å². The zero-order chi connectivity index (χ0) is 26.5. The summed E-state index contributed by atoms with van der Waals surface area (Å²) in [5.41, 5.74) is 1.54. The Hall–Kier alpha value is -3.80. The molecule has 7 nitrogen and oxygen atoms in total. The number of anilines is 1. The Labute approximate surface area is 216 Å². The van der Waals surface area contributed by atoms with Crippen LogP contribution in [-0.2, 0) is 14.8 Å². The largest absolute Gasteiger partial charge is 0.493 e. The van der Waals surface area contributed by atoms with Crippen LogP contribution in [0.1, 0.15) is 23.6 Å². The van der Waals surface area contributed by atoms with Crippen LogP contribution in [0.3, 0.4) is 0 Å². The molecule has 0 aromatic heterocycles. The first-order valence-electron chi connectivity index (χ1n) is 11.0. The van der Waals surface area contributed by atoms with E-state index in [9.17, 15) is 18.5 Å². The quantitative estimate of drug-likeness (QED) is 0.277. The summed E-state index contributed by atoms with van der Waals surface area (Å²) in [5, 5.41) is 10.2. The molecule has 0 saturated carbocycles. The third-order valence-electron chi connectivity index (χ3n) is 5.27. The average molecular weight is 525 g/mol. The van der Waals surface area contributed by atoms with E-state index in [2.05, 4.69) is 0 Å². The van der Waals surface area contributed by atoms with Gasteiger partial charge in [0.05, 0.1) is 24.3 Å². The molecule has 186 valence electrons. The molecule has 0 aliphatic rings. The van der Waals surface area contributed by atoms with Crippen molar-refractivity contribution >= 4 is 39.3 Å². The van der Waals surface area contributed by atoms with Gasteiger partial charge in [-0.1, -0.05) is 29.8 Å². The molecule has 0 aliphatic heterocycles. The number of hydrogen-bond donors (Lipinski definition) is 0. The molecule has 3 rings (SSSR count). The van der Waals surface area contributed by atoms with Gasteiger partial charge in [-0.25, -0.2) is 8.42 Å². The number of rotatable bonds is 8. The molecule has 3 aromatic carbocycles. The molecule has 0 fully saturated rings. The van der Waals surface area contributed by atoms with Gasteiger partial charge in [0, 0.05) is 5.02 Å². The van der Waals surface area contributed by atoms with Crippen LogP contribution in [0.5, 0.6) is 11.5 Å². The van der Waals surface area contributed by atoms with Crippen LogP contribution in [0.15, 0.2) is 71.1 Å². The molecule has 0 unspecified atom stereocenters. The maximum absolute atomic E-state index is 13.7. The number of aryl methyl sites for hydroxylation is 2. The third kappa shape index (κ3) is 5.70. The molecule has 0 aliphatic carbocycles. The van der Waals surface area contributed by atoms with Gasteiger partial charge in [-0.15, -0.1) is 0 Å². The van der Waals surface area contributed by atoms with Crippen molar-refractivity contribution in [3.05, 3.63) is 87.9 Å². The summed E-state index contributed by atoms with van der Waals surface area (Å²) in [4.78, 5) is 13.6. The molecular weight excluding hydrogens is 500 g/mol. The first-order valence-corrected chi connectivity index (χ1v) is 12.8. The molecule has 1 amide bonds. The first kappa shape index (κ1) is 26.8. The van der Waals surface area contributed by atoms with Crippen molar-refractivity contribution in [3.63, 3.8) is 0 Å². The second kappa shape index (κ2) is 11.3. The zero-order valence-electron chi connectivity index (χ0n) is 20.3. The summed E-state index contributed by atoms with van der Waals surface area (Å²) in [6.45, 7) is 5.75. The summed E-state index contributed by atoms with van der Waals surface area (Å²) in [6, 6.07) is 17.4. The minimum atomic E-state index is -4.40. The lowest BCUT2D eigenvalue weighted by atomic mass is 10.1. The summed E-state index contributed by atoms with van der Waals surface area (Å²) < 4.78 is 39.0. The zero-order valence-corrected chi connectivity index (χ0v) is 21.9. The number of methoxy groups -OCH3 is 1. The van der Waals surface area contributed by atoms with Crippen LogP contribution >= 0.6 is 11.6 Å². The molecule has 0 radical (unpaired) electrons. The van der Waals surface area contributed by atoms with Crippen molar-refractivity contribution in [2.45, 2.75) is 25.7 Å². The fourth-order valence-electron chi connectivity index (χ4n) is 3.46. The number of nitrogens with zero attached hydrogens (tertiary/aromatic N) is 2. The van der Waals surface area contributed by atoms with Crippen molar-refractivity contribution in [2.75, 3.05) is 18.0 Å².